The van der Waals surface area contributed by atoms with Crippen LogP contribution in [0.25, 0.3) is 0 Å². The van der Waals surface area contributed by atoms with Crippen LogP contribution in [-0.2, 0) is 6.54 Å². The van der Waals surface area contributed by atoms with E-state index in [0.29, 0.717) is 18.0 Å². The molecule has 20 heavy (non-hydrogen) atoms. The fourth-order valence-corrected chi connectivity index (χ4v) is 4.68. The number of hydrogen-bond acceptors (Lipinski definition) is 2. The summed E-state index contributed by atoms with van der Waals surface area (Å²) in [5.74, 6) is 0.601. The van der Waals surface area contributed by atoms with Crippen LogP contribution in [0.5, 0.6) is 0 Å². The molecule has 1 N–H and O–H groups in total. The first kappa shape index (κ1) is 12.8. The van der Waals surface area contributed by atoms with Crippen molar-refractivity contribution in [2.45, 2.75) is 69.2 Å². The molecule has 0 aromatic heterocycles. The average molecular weight is 271 g/mol. The fourth-order valence-electron chi connectivity index (χ4n) is 4.68. The summed E-state index contributed by atoms with van der Waals surface area (Å²) in [4.78, 5) is 2.67. The zero-order chi connectivity index (χ0) is 13.6. The summed E-state index contributed by atoms with van der Waals surface area (Å²) in [6, 6.07) is 12.0. The van der Waals surface area contributed by atoms with E-state index in [0.717, 1.165) is 19.4 Å². The Morgan fingerprint density at radius 2 is 1.65 bits per heavy atom. The van der Waals surface area contributed by atoms with Crippen molar-refractivity contribution in [1.82, 2.24) is 4.90 Å². The van der Waals surface area contributed by atoms with Gasteiger partial charge in [-0.3, -0.25) is 4.90 Å². The first-order valence-corrected chi connectivity index (χ1v) is 8.27. The van der Waals surface area contributed by atoms with Crippen molar-refractivity contribution < 1.29 is 5.11 Å². The van der Waals surface area contributed by atoms with E-state index >= 15 is 0 Å². The first-order chi connectivity index (χ1) is 9.74. The number of rotatable bonds is 3. The zero-order valence-corrected chi connectivity index (χ0v) is 12.2. The molecule has 2 bridgehead atoms. The highest BCUT2D eigenvalue weighted by Crippen LogP contribution is 2.49. The number of hydrogen-bond donors (Lipinski definition) is 1. The lowest BCUT2D eigenvalue weighted by Gasteiger charge is -2.50. The highest BCUT2D eigenvalue weighted by molar-refractivity contribution is 5.16. The Kier molecular flexibility index (Phi) is 3.12. The van der Waals surface area contributed by atoms with Gasteiger partial charge in [0, 0.05) is 18.6 Å². The number of aliphatic hydroxyl groups is 1. The van der Waals surface area contributed by atoms with Gasteiger partial charge in [0.2, 0.25) is 0 Å². The van der Waals surface area contributed by atoms with Crippen LogP contribution < -0.4 is 0 Å². The van der Waals surface area contributed by atoms with Gasteiger partial charge in [-0.1, -0.05) is 36.8 Å². The Bertz CT molecular complexity index is 454. The molecule has 3 fully saturated rings. The Morgan fingerprint density at radius 3 is 2.20 bits per heavy atom. The summed E-state index contributed by atoms with van der Waals surface area (Å²) in [6.45, 7) is 1.07. The van der Waals surface area contributed by atoms with Crippen LogP contribution in [-0.4, -0.2) is 27.7 Å². The summed E-state index contributed by atoms with van der Waals surface area (Å²) in [5.41, 5.74) is 1.08. The van der Waals surface area contributed by atoms with E-state index in [1.807, 2.05) is 0 Å². The van der Waals surface area contributed by atoms with Gasteiger partial charge in [-0.2, -0.15) is 0 Å². The molecule has 2 saturated heterocycles. The molecule has 2 heteroatoms. The lowest BCUT2D eigenvalue weighted by molar-refractivity contribution is -0.113. The minimum atomic E-state index is -0.336. The van der Waals surface area contributed by atoms with Gasteiger partial charge < -0.3 is 5.11 Å². The number of nitrogens with zero attached hydrogens (tertiary/aromatic N) is 1. The van der Waals surface area contributed by atoms with Gasteiger partial charge in [0.05, 0.1) is 5.60 Å². The number of fused-ring (bicyclic) bond motifs is 2. The van der Waals surface area contributed by atoms with Crippen LogP contribution in [0.3, 0.4) is 0 Å². The van der Waals surface area contributed by atoms with Crippen molar-refractivity contribution >= 4 is 0 Å². The van der Waals surface area contributed by atoms with Crippen LogP contribution in [0.1, 0.15) is 50.5 Å². The number of piperidine rings is 1. The van der Waals surface area contributed by atoms with Crippen LogP contribution >= 0.6 is 0 Å². The summed E-state index contributed by atoms with van der Waals surface area (Å²) >= 11 is 0. The van der Waals surface area contributed by atoms with Crippen molar-refractivity contribution in [2.75, 3.05) is 0 Å². The largest absolute Gasteiger partial charge is 0.389 e. The molecule has 0 radical (unpaired) electrons. The molecule has 0 spiro atoms. The van der Waals surface area contributed by atoms with Crippen molar-refractivity contribution in [1.29, 1.82) is 0 Å². The van der Waals surface area contributed by atoms with E-state index in [1.54, 1.807) is 0 Å². The van der Waals surface area contributed by atoms with Crippen LogP contribution in [0.15, 0.2) is 30.3 Å². The normalized spacial score (nSPS) is 37.9. The van der Waals surface area contributed by atoms with Gasteiger partial charge in [0.15, 0.2) is 0 Å². The Labute approximate surface area is 121 Å². The second-order valence-electron chi connectivity index (χ2n) is 7.18. The standard InChI is InChI=1S/C18H25NO/c20-18(15-7-4-8-15)11-16-9-10-17(12-18)19(16)13-14-5-2-1-3-6-14/h1-3,5-6,15-17,20H,4,7-13H2. The van der Waals surface area contributed by atoms with Crippen molar-refractivity contribution in [3.8, 4) is 0 Å². The van der Waals surface area contributed by atoms with Gasteiger partial charge >= 0.3 is 0 Å². The summed E-state index contributed by atoms with van der Waals surface area (Å²) < 4.78 is 0. The van der Waals surface area contributed by atoms with Crippen LogP contribution in [0.4, 0.5) is 0 Å². The SMILES string of the molecule is OC1(C2CCC2)CC2CCC(C1)N2Cc1ccccc1. The maximum absolute atomic E-state index is 11.0. The highest BCUT2D eigenvalue weighted by atomic mass is 16.3. The zero-order valence-electron chi connectivity index (χ0n) is 12.2. The van der Waals surface area contributed by atoms with E-state index < -0.39 is 0 Å². The van der Waals surface area contributed by atoms with E-state index in [4.69, 9.17) is 0 Å². The molecule has 2 heterocycles. The highest BCUT2D eigenvalue weighted by Gasteiger charge is 2.51. The molecule has 0 amide bonds. The van der Waals surface area contributed by atoms with Crippen molar-refractivity contribution in [2.24, 2.45) is 5.92 Å². The van der Waals surface area contributed by atoms with E-state index in [1.165, 1.54) is 37.7 Å². The maximum Gasteiger partial charge on any atom is 0.0705 e. The lowest BCUT2D eigenvalue weighted by atomic mass is 9.67. The molecule has 2 atom stereocenters. The Morgan fingerprint density at radius 1 is 1.00 bits per heavy atom. The van der Waals surface area contributed by atoms with Gasteiger partial charge in [0.1, 0.15) is 0 Å². The molecule has 4 rings (SSSR count). The second kappa shape index (κ2) is 4.85. The van der Waals surface area contributed by atoms with E-state index in [9.17, 15) is 5.11 Å². The first-order valence-electron chi connectivity index (χ1n) is 8.27. The molecule has 1 saturated carbocycles. The Balaban J connectivity index is 1.49. The Hall–Kier alpha value is -0.860. The predicted molar refractivity (Wildman–Crippen MR) is 80.3 cm³/mol. The average Bonchev–Trinajstić information content (AvgIpc) is 2.62. The monoisotopic (exact) mass is 271 g/mol. The van der Waals surface area contributed by atoms with Gasteiger partial charge in [-0.25, -0.2) is 0 Å². The fraction of sp³-hybridized carbons (Fsp3) is 0.667. The minimum Gasteiger partial charge on any atom is -0.389 e. The smallest absolute Gasteiger partial charge is 0.0705 e. The molecule has 2 aliphatic heterocycles. The predicted octanol–water partition coefficient (Wildman–Crippen LogP) is 3.34. The third-order valence-corrected chi connectivity index (χ3v) is 6.02. The lowest BCUT2D eigenvalue weighted by Crippen LogP contribution is -2.55. The summed E-state index contributed by atoms with van der Waals surface area (Å²) in [7, 11) is 0. The minimum absolute atomic E-state index is 0.336. The molecular formula is C18H25NO. The molecule has 2 unspecified atom stereocenters. The van der Waals surface area contributed by atoms with Gasteiger partial charge in [-0.15, -0.1) is 0 Å². The quantitative estimate of drug-likeness (QED) is 0.911. The van der Waals surface area contributed by atoms with Gasteiger partial charge in [-0.05, 0) is 50.0 Å². The third-order valence-electron chi connectivity index (χ3n) is 6.02. The van der Waals surface area contributed by atoms with Crippen LogP contribution in [0, 0.1) is 5.92 Å². The van der Waals surface area contributed by atoms with Crippen LogP contribution in [0.2, 0.25) is 0 Å². The molecule has 1 aliphatic carbocycles. The summed E-state index contributed by atoms with van der Waals surface area (Å²) in [6.07, 6.45) is 8.44. The topological polar surface area (TPSA) is 23.5 Å². The molecule has 1 aromatic rings. The van der Waals surface area contributed by atoms with Gasteiger partial charge in [0.25, 0.3) is 0 Å². The van der Waals surface area contributed by atoms with E-state index in [2.05, 4.69) is 35.2 Å². The van der Waals surface area contributed by atoms with Crippen molar-refractivity contribution in [3.05, 3.63) is 35.9 Å². The number of benzene rings is 1. The molecule has 1 aromatic carbocycles. The second-order valence-corrected chi connectivity index (χ2v) is 7.18. The molecule has 3 aliphatic rings. The van der Waals surface area contributed by atoms with Crippen molar-refractivity contribution in [3.63, 3.8) is 0 Å². The molecular weight excluding hydrogens is 246 g/mol. The maximum atomic E-state index is 11.0. The molecule has 2 nitrogen and oxygen atoms in total. The molecule has 108 valence electrons. The summed E-state index contributed by atoms with van der Waals surface area (Å²) in [5, 5.41) is 11.0. The van der Waals surface area contributed by atoms with E-state index in [-0.39, 0.29) is 5.60 Å². The third kappa shape index (κ3) is 2.10.